The van der Waals surface area contributed by atoms with E-state index in [-0.39, 0.29) is 12.1 Å². The molecule has 0 N–H and O–H groups in total. The monoisotopic (exact) mass is 386 g/mol. The molecule has 2 rings (SSSR count). The van der Waals surface area contributed by atoms with Crippen LogP contribution in [0.1, 0.15) is 28.9 Å². The van der Waals surface area contributed by atoms with Gasteiger partial charge >= 0.3 is 5.97 Å². The van der Waals surface area contributed by atoms with Gasteiger partial charge in [0, 0.05) is 8.59 Å². The first-order chi connectivity index (χ1) is 9.08. The largest absolute Gasteiger partial charge is 0.454 e. The Bertz CT molecular complexity index is 581. The average molecular weight is 387 g/mol. The van der Waals surface area contributed by atoms with Crippen LogP contribution in [0, 0.1) is 3.57 Å². The quantitative estimate of drug-likeness (QED) is 0.556. The van der Waals surface area contributed by atoms with Crippen LogP contribution in [-0.4, -0.2) is 5.97 Å². The van der Waals surface area contributed by atoms with Gasteiger partial charge in [0.05, 0.1) is 5.56 Å². The molecule has 0 saturated carbocycles. The summed E-state index contributed by atoms with van der Waals surface area (Å²) >= 11 is 7.95. The number of hydrogen-bond acceptors (Lipinski definition) is 2. The fourth-order valence-electron chi connectivity index (χ4n) is 1.65. The molecule has 0 heterocycles. The van der Waals surface area contributed by atoms with E-state index in [4.69, 9.17) is 16.3 Å². The molecule has 0 fully saturated rings. The number of carbonyl (C=O) groups is 1. The van der Waals surface area contributed by atoms with Gasteiger partial charge in [-0.3, -0.25) is 0 Å². The smallest absolute Gasteiger partial charge is 0.339 e. The third kappa shape index (κ3) is 3.70. The SMILES string of the molecule is CC(OC(=O)c1ccccc1I)c1ccc(Cl)cc1. The molecule has 98 valence electrons. The number of rotatable bonds is 3. The lowest BCUT2D eigenvalue weighted by Crippen LogP contribution is -2.10. The van der Waals surface area contributed by atoms with Crippen molar-refractivity contribution >= 4 is 40.2 Å². The highest BCUT2D eigenvalue weighted by Crippen LogP contribution is 2.22. The van der Waals surface area contributed by atoms with Crippen LogP contribution in [0.4, 0.5) is 0 Å². The number of hydrogen-bond donors (Lipinski definition) is 0. The predicted octanol–water partition coefficient (Wildman–Crippen LogP) is 4.86. The summed E-state index contributed by atoms with van der Waals surface area (Å²) in [6.45, 7) is 1.84. The second-order valence-electron chi connectivity index (χ2n) is 4.08. The molecule has 4 heteroatoms. The maximum absolute atomic E-state index is 12.1. The molecule has 2 aromatic carbocycles. The van der Waals surface area contributed by atoms with Gasteiger partial charge in [0.15, 0.2) is 0 Å². The van der Waals surface area contributed by atoms with E-state index in [1.807, 2.05) is 37.3 Å². The summed E-state index contributed by atoms with van der Waals surface area (Å²) in [4.78, 5) is 12.1. The lowest BCUT2D eigenvalue weighted by molar-refractivity contribution is 0.0336. The zero-order valence-electron chi connectivity index (χ0n) is 10.3. The van der Waals surface area contributed by atoms with E-state index < -0.39 is 0 Å². The molecule has 0 bridgehead atoms. The Morgan fingerprint density at radius 3 is 2.42 bits per heavy atom. The molecule has 19 heavy (non-hydrogen) atoms. The van der Waals surface area contributed by atoms with Crippen molar-refractivity contribution in [2.45, 2.75) is 13.0 Å². The minimum absolute atomic E-state index is 0.305. The average Bonchev–Trinajstić information content (AvgIpc) is 2.39. The van der Waals surface area contributed by atoms with Crippen LogP contribution >= 0.6 is 34.2 Å². The molecule has 2 nitrogen and oxygen atoms in total. The van der Waals surface area contributed by atoms with E-state index in [0.717, 1.165) is 9.13 Å². The highest BCUT2D eigenvalue weighted by atomic mass is 127. The van der Waals surface area contributed by atoms with Crippen LogP contribution in [0.25, 0.3) is 0 Å². The highest BCUT2D eigenvalue weighted by Gasteiger charge is 2.15. The van der Waals surface area contributed by atoms with Crippen LogP contribution < -0.4 is 0 Å². The van der Waals surface area contributed by atoms with Gasteiger partial charge in [-0.2, -0.15) is 0 Å². The van der Waals surface area contributed by atoms with Crippen LogP contribution in [-0.2, 0) is 4.74 Å². The second-order valence-corrected chi connectivity index (χ2v) is 5.68. The van der Waals surface area contributed by atoms with Gasteiger partial charge in [-0.15, -0.1) is 0 Å². The van der Waals surface area contributed by atoms with Crippen molar-refractivity contribution in [2.24, 2.45) is 0 Å². The number of esters is 1. The number of benzene rings is 2. The summed E-state index contributed by atoms with van der Waals surface area (Å²) in [5.74, 6) is -0.313. The van der Waals surface area contributed by atoms with Crippen molar-refractivity contribution in [3.8, 4) is 0 Å². The first kappa shape index (κ1) is 14.3. The lowest BCUT2D eigenvalue weighted by atomic mass is 10.1. The van der Waals surface area contributed by atoms with E-state index in [2.05, 4.69) is 22.6 Å². The van der Waals surface area contributed by atoms with Crippen LogP contribution in [0.15, 0.2) is 48.5 Å². The normalized spacial score (nSPS) is 11.9. The second kappa shape index (κ2) is 6.39. The van der Waals surface area contributed by atoms with Gasteiger partial charge in [-0.05, 0) is 59.3 Å². The molecule has 0 aromatic heterocycles. The summed E-state index contributed by atoms with van der Waals surface area (Å²) in [5, 5.41) is 0.667. The van der Waals surface area contributed by atoms with Gasteiger partial charge in [0.1, 0.15) is 6.10 Å². The lowest BCUT2D eigenvalue weighted by Gasteiger charge is -2.14. The summed E-state index contributed by atoms with van der Waals surface area (Å²) in [7, 11) is 0. The third-order valence-electron chi connectivity index (χ3n) is 2.72. The van der Waals surface area contributed by atoms with E-state index >= 15 is 0 Å². The van der Waals surface area contributed by atoms with Crippen LogP contribution in [0.3, 0.4) is 0 Å². The summed E-state index contributed by atoms with van der Waals surface area (Å²) in [6.07, 6.45) is -0.305. The molecule has 0 spiro atoms. The molecular weight excluding hydrogens is 375 g/mol. The number of ether oxygens (including phenoxy) is 1. The Labute approximate surface area is 130 Å². The molecule has 0 amide bonds. The van der Waals surface area contributed by atoms with Crippen molar-refractivity contribution in [3.05, 3.63) is 68.3 Å². The van der Waals surface area contributed by atoms with Gasteiger partial charge in [0.2, 0.25) is 0 Å². The fourth-order valence-corrected chi connectivity index (χ4v) is 2.39. The van der Waals surface area contributed by atoms with Crippen molar-refractivity contribution in [3.63, 3.8) is 0 Å². The Morgan fingerprint density at radius 1 is 1.16 bits per heavy atom. The predicted molar refractivity (Wildman–Crippen MR) is 84.4 cm³/mol. The number of carbonyl (C=O) groups excluding carboxylic acids is 1. The summed E-state index contributed by atoms with van der Waals surface area (Å²) in [6, 6.07) is 14.6. The van der Waals surface area contributed by atoms with Crippen molar-refractivity contribution < 1.29 is 9.53 Å². The number of halogens is 2. The topological polar surface area (TPSA) is 26.3 Å². The van der Waals surface area contributed by atoms with E-state index in [1.54, 1.807) is 18.2 Å². The Morgan fingerprint density at radius 2 is 1.79 bits per heavy atom. The molecule has 0 aliphatic carbocycles. The third-order valence-corrected chi connectivity index (χ3v) is 3.91. The molecular formula is C15H12ClIO2. The fraction of sp³-hybridized carbons (Fsp3) is 0.133. The zero-order chi connectivity index (χ0) is 13.8. The minimum atomic E-state index is -0.313. The molecule has 2 aromatic rings. The molecule has 0 aliphatic rings. The van der Waals surface area contributed by atoms with Gasteiger partial charge in [-0.25, -0.2) is 4.79 Å². The highest BCUT2D eigenvalue weighted by molar-refractivity contribution is 14.1. The van der Waals surface area contributed by atoms with E-state index in [1.165, 1.54) is 0 Å². The first-order valence-electron chi connectivity index (χ1n) is 5.79. The van der Waals surface area contributed by atoms with Crippen molar-refractivity contribution in [1.29, 1.82) is 0 Å². The van der Waals surface area contributed by atoms with Crippen LogP contribution in [0.2, 0.25) is 5.02 Å². The molecule has 1 unspecified atom stereocenters. The van der Waals surface area contributed by atoms with E-state index in [9.17, 15) is 4.79 Å². The summed E-state index contributed by atoms with van der Waals surface area (Å²) < 4.78 is 6.34. The Hall–Kier alpha value is -1.07. The zero-order valence-corrected chi connectivity index (χ0v) is 13.2. The van der Waals surface area contributed by atoms with E-state index in [0.29, 0.717) is 10.6 Å². The molecule has 0 saturated heterocycles. The Balaban J connectivity index is 2.11. The van der Waals surface area contributed by atoms with Gasteiger partial charge in [0.25, 0.3) is 0 Å². The Kier molecular flexibility index (Phi) is 4.82. The van der Waals surface area contributed by atoms with Crippen molar-refractivity contribution in [1.82, 2.24) is 0 Å². The van der Waals surface area contributed by atoms with Gasteiger partial charge in [-0.1, -0.05) is 35.9 Å². The van der Waals surface area contributed by atoms with Crippen molar-refractivity contribution in [2.75, 3.05) is 0 Å². The standard InChI is InChI=1S/C15H12ClIO2/c1-10(11-6-8-12(16)9-7-11)19-15(18)13-4-2-3-5-14(13)17/h2-10H,1H3. The van der Waals surface area contributed by atoms with Gasteiger partial charge < -0.3 is 4.74 Å². The molecule has 1 atom stereocenters. The first-order valence-corrected chi connectivity index (χ1v) is 7.24. The van der Waals surface area contributed by atoms with Crippen LogP contribution in [0.5, 0.6) is 0 Å². The maximum atomic E-state index is 12.1. The molecule has 0 radical (unpaired) electrons. The maximum Gasteiger partial charge on any atom is 0.339 e. The summed E-state index contributed by atoms with van der Waals surface area (Å²) in [5.41, 5.74) is 1.51. The minimum Gasteiger partial charge on any atom is -0.454 e. The molecule has 0 aliphatic heterocycles.